The van der Waals surface area contributed by atoms with Gasteiger partial charge in [0.05, 0.1) is 22.2 Å². The molecule has 6 nitrogen and oxygen atoms in total. The smallest absolute Gasteiger partial charge is 0.243 e. The monoisotopic (exact) mass is 483 g/mol. The summed E-state index contributed by atoms with van der Waals surface area (Å²) in [4.78, 5) is 13.9. The Bertz CT molecular complexity index is 970. The number of halogens is 1. The van der Waals surface area contributed by atoms with Gasteiger partial charge in [-0.05, 0) is 48.4 Å². The largest absolute Gasteiger partial charge is 0.324 e. The number of thiophene rings is 1. The van der Waals surface area contributed by atoms with Gasteiger partial charge in [0.15, 0.2) is 0 Å². The van der Waals surface area contributed by atoms with Crippen LogP contribution in [0.1, 0.15) is 50.4 Å². The van der Waals surface area contributed by atoms with Gasteiger partial charge >= 0.3 is 0 Å². The quantitative estimate of drug-likeness (QED) is 0.560. The van der Waals surface area contributed by atoms with Crippen LogP contribution >= 0.6 is 22.9 Å². The van der Waals surface area contributed by atoms with Crippen LogP contribution in [0.3, 0.4) is 0 Å². The third kappa shape index (κ3) is 6.29. The minimum absolute atomic E-state index is 0.0657. The SMILES string of the molecule is CC(C)[C@@H](NCC(=O)Nc1cc(S(=O)(=O)N2CCCCCC2)ccc1Cl)c1cccs1. The van der Waals surface area contributed by atoms with E-state index in [9.17, 15) is 13.2 Å². The average Bonchev–Trinajstić information content (AvgIpc) is 3.09. The number of nitrogens with zero attached hydrogens (tertiary/aromatic N) is 1. The number of nitrogens with one attached hydrogen (secondary N) is 2. The van der Waals surface area contributed by atoms with Gasteiger partial charge in [0.2, 0.25) is 15.9 Å². The molecule has 0 aliphatic carbocycles. The maximum Gasteiger partial charge on any atom is 0.243 e. The van der Waals surface area contributed by atoms with Crippen LogP contribution in [0.4, 0.5) is 5.69 Å². The standard InChI is InChI=1S/C22H30ClN3O3S2/c1-16(2)22(20-8-7-13-30-20)24-15-21(27)25-19-14-17(9-10-18(19)23)31(28,29)26-11-5-3-4-6-12-26/h7-10,13-14,16,22,24H,3-6,11-12,15H2,1-2H3,(H,25,27)/t22-/m1/s1. The summed E-state index contributed by atoms with van der Waals surface area (Å²) >= 11 is 7.91. The Kier molecular flexibility index (Phi) is 8.52. The number of sulfonamides is 1. The molecule has 0 spiro atoms. The number of amides is 1. The zero-order chi connectivity index (χ0) is 22.4. The Hall–Kier alpha value is -1.45. The highest BCUT2D eigenvalue weighted by Crippen LogP contribution is 2.29. The first-order valence-electron chi connectivity index (χ1n) is 10.7. The average molecular weight is 484 g/mol. The maximum atomic E-state index is 13.1. The molecule has 2 N–H and O–H groups in total. The molecule has 1 saturated heterocycles. The predicted molar refractivity (Wildman–Crippen MR) is 127 cm³/mol. The van der Waals surface area contributed by atoms with Crippen LogP contribution < -0.4 is 10.6 Å². The van der Waals surface area contributed by atoms with E-state index < -0.39 is 10.0 Å². The molecule has 1 fully saturated rings. The molecule has 0 radical (unpaired) electrons. The summed E-state index contributed by atoms with van der Waals surface area (Å²) in [5, 5.41) is 8.38. The Morgan fingerprint density at radius 3 is 2.48 bits per heavy atom. The van der Waals surface area contributed by atoms with Gasteiger partial charge in [-0.25, -0.2) is 8.42 Å². The van der Waals surface area contributed by atoms with Crippen LogP contribution in [0.25, 0.3) is 0 Å². The molecule has 1 amide bonds. The van der Waals surface area contributed by atoms with E-state index in [1.807, 2.05) is 17.5 Å². The minimum atomic E-state index is -3.62. The van der Waals surface area contributed by atoms with E-state index in [4.69, 9.17) is 11.6 Å². The second-order valence-electron chi connectivity index (χ2n) is 8.13. The molecule has 1 aromatic heterocycles. The van der Waals surface area contributed by atoms with Crippen molar-refractivity contribution in [2.24, 2.45) is 5.92 Å². The summed E-state index contributed by atoms with van der Waals surface area (Å²) in [5.41, 5.74) is 0.307. The van der Waals surface area contributed by atoms with E-state index in [0.29, 0.717) is 29.7 Å². The molecule has 1 aliphatic heterocycles. The number of carbonyl (C=O) groups excluding carboxylic acids is 1. The molecule has 0 saturated carbocycles. The van der Waals surface area contributed by atoms with Crippen molar-refractivity contribution in [1.82, 2.24) is 9.62 Å². The van der Waals surface area contributed by atoms with Crippen molar-refractivity contribution in [2.75, 3.05) is 25.0 Å². The van der Waals surface area contributed by atoms with Gasteiger partial charge in [-0.1, -0.05) is 44.4 Å². The lowest BCUT2D eigenvalue weighted by molar-refractivity contribution is -0.115. The highest BCUT2D eigenvalue weighted by atomic mass is 35.5. The summed E-state index contributed by atoms with van der Waals surface area (Å²) in [5.74, 6) is 0.0468. The van der Waals surface area contributed by atoms with Crippen molar-refractivity contribution in [3.8, 4) is 0 Å². The van der Waals surface area contributed by atoms with Gasteiger partial charge in [-0.2, -0.15) is 4.31 Å². The molecule has 0 bridgehead atoms. The molecule has 0 unspecified atom stereocenters. The van der Waals surface area contributed by atoms with Gasteiger partial charge in [-0.3, -0.25) is 4.79 Å². The molecule has 2 heterocycles. The number of anilines is 1. The fourth-order valence-electron chi connectivity index (χ4n) is 3.72. The fraction of sp³-hybridized carbons (Fsp3) is 0.500. The van der Waals surface area contributed by atoms with Gasteiger partial charge in [0.25, 0.3) is 0 Å². The van der Waals surface area contributed by atoms with Crippen molar-refractivity contribution in [3.63, 3.8) is 0 Å². The molecule has 3 rings (SSSR count). The summed E-state index contributed by atoms with van der Waals surface area (Å²) in [6.45, 7) is 5.35. The van der Waals surface area contributed by atoms with Crippen molar-refractivity contribution in [1.29, 1.82) is 0 Å². The van der Waals surface area contributed by atoms with Crippen LogP contribution in [0, 0.1) is 5.92 Å². The number of benzene rings is 1. The molecule has 1 aromatic carbocycles. The highest BCUT2D eigenvalue weighted by molar-refractivity contribution is 7.89. The normalized spacial score (nSPS) is 16.8. The summed E-state index contributed by atoms with van der Waals surface area (Å²) in [6, 6.07) is 8.59. The summed E-state index contributed by atoms with van der Waals surface area (Å²) in [7, 11) is -3.62. The third-order valence-electron chi connectivity index (χ3n) is 5.41. The second-order valence-corrected chi connectivity index (χ2v) is 11.5. The number of rotatable bonds is 8. The Balaban J connectivity index is 1.69. The van der Waals surface area contributed by atoms with E-state index in [0.717, 1.165) is 25.7 Å². The van der Waals surface area contributed by atoms with Gasteiger partial charge in [0, 0.05) is 24.0 Å². The van der Waals surface area contributed by atoms with Crippen molar-refractivity contribution < 1.29 is 13.2 Å². The van der Waals surface area contributed by atoms with Gasteiger partial charge in [0.1, 0.15) is 0 Å². The number of hydrogen-bond donors (Lipinski definition) is 2. The zero-order valence-corrected chi connectivity index (χ0v) is 20.3. The third-order valence-corrected chi connectivity index (χ3v) is 8.59. The Labute approximate surface area is 194 Å². The van der Waals surface area contributed by atoms with Crippen LogP contribution in [0.15, 0.2) is 40.6 Å². The first-order chi connectivity index (χ1) is 14.8. The number of hydrogen-bond acceptors (Lipinski definition) is 5. The maximum absolute atomic E-state index is 13.1. The van der Waals surface area contributed by atoms with E-state index >= 15 is 0 Å². The minimum Gasteiger partial charge on any atom is -0.324 e. The molecule has 170 valence electrons. The highest BCUT2D eigenvalue weighted by Gasteiger charge is 2.26. The van der Waals surface area contributed by atoms with Crippen molar-refractivity contribution in [2.45, 2.75) is 50.5 Å². The Morgan fingerprint density at radius 1 is 1.16 bits per heavy atom. The first-order valence-corrected chi connectivity index (χ1v) is 13.3. The molecule has 2 aromatic rings. The van der Waals surface area contributed by atoms with Crippen molar-refractivity contribution in [3.05, 3.63) is 45.6 Å². The lowest BCUT2D eigenvalue weighted by atomic mass is 10.0. The predicted octanol–water partition coefficient (Wildman–Crippen LogP) is 4.89. The summed E-state index contributed by atoms with van der Waals surface area (Å²) in [6.07, 6.45) is 3.82. The zero-order valence-electron chi connectivity index (χ0n) is 17.9. The lowest BCUT2D eigenvalue weighted by Crippen LogP contribution is -2.33. The van der Waals surface area contributed by atoms with E-state index in [2.05, 4.69) is 24.5 Å². The Morgan fingerprint density at radius 2 is 1.87 bits per heavy atom. The molecule has 31 heavy (non-hydrogen) atoms. The van der Waals surface area contributed by atoms with Crippen LogP contribution in [-0.2, 0) is 14.8 Å². The lowest BCUT2D eigenvalue weighted by Gasteiger charge is -2.22. The molecule has 1 atom stereocenters. The van der Waals surface area contributed by atoms with E-state index in [1.165, 1.54) is 27.4 Å². The second kappa shape index (κ2) is 10.9. The van der Waals surface area contributed by atoms with Gasteiger partial charge in [-0.15, -0.1) is 11.3 Å². The van der Waals surface area contributed by atoms with Crippen LogP contribution in [-0.4, -0.2) is 38.3 Å². The van der Waals surface area contributed by atoms with E-state index in [1.54, 1.807) is 11.3 Å². The van der Waals surface area contributed by atoms with Crippen LogP contribution in [0.2, 0.25) is 5.02 Å². The van der Waals surface area contributed by atoms with E-state index in [-0.39, 0.29) is 23.4 Å². The van der Waals surface area contributed by atoms with Crippen molar-refractivity contribution >= 4 is 44.6 Å². The fourth-order valence-corrected chi connectivity index (χ4v) is 6.40. The topological polar surface area (TPSA) is 78.5 Å². The first kappa shape index (κ1) is 24.2. The van der Waals surface area contributed by atoms with Crippen LogP contribution in [0.5, 0.6) is 0 Å². The molecular weight excluding hydrogens is 454 g/mol. The number of carbonyl (C=O) groups is 1. The summed E-state index contributed by atoms with van der Waals surface area (Å²) < 4.78 is 27.7. The molecule has 1 aliphatic rings. The van der Waals surface area contributed by atoms with Gasteiger partial charge < -0.3 is 10.6 Å². The molecular formula is C22H30ClN3O3S2. The molecule has 9 heteroatoms.